The lowest BCUT2D eigenvalue weighted by Gasteiger charge is -2.38. The Bertz CT molecular complexity index is 1000. The van der Waals surface area contributed by atoms with E-state index in [0.717, 1.165) is 38.6 Å². The first kappa shape index (κ1) is 19.3. The number of nitrogens with two attached hydrogens (primary N) is 1. The Kier molecular flexibility index (Phi) is 4.22. The number of likely N-dealkylation sites (tertiary alicyclic amines) is 3. The van der Waals surface area contributed by atoms with Gasteiger partial charge in [-0.2, -0.15) is 5.26 Å². The molecule has 2 N–H and O–H groups in total. The normalized spacial score (nSPS) is 36.5. The maximum atomic E-state index is 13.3. The summed E-state index contributed by atoms with van der Waals surface area (Å²) in [4.78, 5) is 32.3. The highest BCUT2D eigenvalue weighted by molar-refractivity contribution is 5.87. The zero-order valence-corrected chi connectivity index (χ0v) is 17.9. The number of rotatable bonds is 4. The largest absolute Gasteiger partial charge is 0.330 e. The highest BCUT2D eigenvalue weighted by Gasteiger charge is 2.56. The Balaban J connectivity index is 1.13. The van der Waals surface area contributed by atoms with Gasteiger partial charge in [0.1, 0.15) is 6.04 Å². The lowest BCUT2D eigenvalue weighted by atomic mass is 10.0. The van der Waals surface area contributed by atoms with E-state index >= 15 is 0 Å². The number of carbonyl (C=O) groups is 2. The number of nitriles is 1. The molecule has 7 nitrogen and oxygen atoms in total. The molecule has 3 saturated heterocycles. The third kappa shape index (κ3) is 2.85. The molecule has 1 unspecified atom stereocenters. The molecule has 7 heteroatoms. The van der Waals surface area contributed by atoms with Crippen LogP contribution in [0.3, 0.4) is 0 Å². The van der Waals surface area contributed by atoms with Crippen molar-refractivity contribution in [2.24, 2.45) is 11.7 Å². The van der Waals surface area contributed by atoms with Gasteiger partial charge in [-0.05, 0) is 56.1 Å². The van der Waals surface area contributed by atoms with Crippen LogP contribution in [0.15, 0.2) is 18.2 Å². The zero-order valence-electron chi connectivity index (χ0n) is 17.9. The number of carbonyl (C=O) groups excluding carboxylic acids is 2. The summed E-state index contributed by atoms with van der Waals surface area (Å²) >= 11 is 0. The molecular formula is C24H29N5O2. The molecule has 2 amide bonds. The van der Waals surface area contributed by atoms with Gasteiger partial charge in [-0.15, -0.1) is 0 Å². The topological polar surface area (TPSA) is 93.7 Å². The highest BCUT2D eigenvalue weighted by Crippen LogP contribution is 2.48. The van der Waals surface area contributed by atoms with Crippen molar-refractivity contribution in [2.45, 2.75) is 75.3 Å². The molecule has 1 saturated carbocycles. The molecule has 3 aliphatic heterocycles. The van der Waals surface area contributed by atoms with E-state index in [1.54, 1.807) is 4.90 Å². The summed E-state index contributed by atoms with van der Waals surface area (Å²) in [6.45, 7) is 3.29. The summed E-state index contributed by atoms with van der Waals surface area (Å²) in [5, 5.41) is 9.38. The molecule has 31 heavy (non-hydrogen) atoms. The van der Waals surface area contributed by atoms with Crippen molar-refractivity contribution in [3.05, 3.63) is 34.9 Å². The van der Waals surface area contributed by atoms with Gasteiger partial charge in [-0.3, -0.25) is 14.5 Å². The molecule has 7 atom stereocenters. The zero-order chi connectivity index (χ0) is 21.4. The van der Waals surface area contributed by atoms with Crippen LogP contribution < -0.4 is 5.73 Å². The molecule has 0 spiro atoms. The van der Waals surface area contributed by atoms with E-state index in [2.05, 4.69) is 41.0 Å². The summed E-state index contributed by atoms with van der Waals surface area (Å²) < 4.78 is 0. The van der Waals surface area contributed by atoms with Crippen LogP contribution >= 0.6 is 0 Å². The monoisotopic (exact) mass is 419 g/mol. The van der Waals surface area contributed by atoms with E-state index in [1.807, 2.05) is 0 Å². The van der Waals surface area contributed by atoms with Gasteiger partial charge in [-0.25, -0.2) is 0 Å². The standard InChI is InChI=1S/C24H29N5O2/c1-13-2-4-18-14(6-13)3-5-20(18)29-17-9-22(24(29)31)27(11-17)12-19(26)23(30)28-16(10-25)7-15-8-21(15)28/h2,4,6,15-17,19-22H,3,5,7-9,11-12,26H2,1H3/t15?,16-,17-,19-,20+,21-,22-/m0/s1. The van der Waals surface area contributed by atoms with Gasteiger partial charge in [0.25, 0.3) is 0 Å². The molecule has 1 aromatic carbocycles. The van der Waals surface area contributed by atoms with E-state index in [4.69, 9.17) is 5.73 Å². The van der Waals surface area contributed by atoms with Crippen LogP contribution in [0.2, 0.25) is 0 Å². The van der Waals surface area contributed by atoms with E-state index < -0.39 is 6.04 Å². The first-order valence-electron chi connectivity index (χ1n) is 11.6. The van der Waals surface area contributed by atoms with E-state index in [0.29, 0.717) is 12.5 Å². The maximum Gasteiger partial charge on any atom is 0.242 e. The van der Waals surface area contributed by atoms with Gasteiger partial charge < -0.3 is 15.5 Å². The van der Waals surface area contributed by atoms with Crippen LogP contribution in [0, 0.1) is 24.2 Å². The van der Waals surface area contributed by atoms with Crippen molar-refractivity contribution in [3.8, 4) is 6.07 Å². The summed E-state index contributed by atoms with van der Waals surface area (Å²) in [5.41, 5.74) is 10.3. The van der Waals surface area contributed by atoms with Crippen LogP contribution in [0.5, 0.6) is 0 Å². The lowest BCUT2D eigenvalue weighted by Crippen LogP contribution is -2.57. The van der Waals surface area contributed by atoms with Crippen molar-refractivity contribution in [2.75, 3.05) is 13.1 Å². The van der Waals surface area contributed by atoms with Crippen LogP contribution in [0.25, 0.3) is 0 Å². The first-order chi connectivity index (χ1) is 15.0. The third-order valence-corrected chi connectivity index (χ3v) is 8.25. The minimum Gasteiger partial charge on any atom is -0.330 e. The van der Waals surface area contributed by atoms with E-state index in [-0.39, 0.29) is 42.0 Å². The number of piperazine rings is 1. The van der Waals surface area contributed by atoms with Gasteiger partial charge >= 0.3 is 0 Å². The van der Waals surface area contributed by atoms with Crippen molar-refractivity contribution >= 4 is 11.8 Å². The molecule has 2 aliphatic carbocycles. The van der Waals surface area contributed by atoms with Gasteiger partial charge in [0.05, 0.1) is 24.2 Å². The van der Waals surface area contributed by atoms with Crippen LogP contribution in [-0.2, 0) is 16.0 Å². The quantitative estimate of drug-likeness (QED) is 0.789. The Morgan fingerprint density at radius 1 is 1.29 bits per heavy atom. The predicted molar refractivity (Wildman–Crippen MR) is 114 cm³/mol. The minimum absolute atomic E-state index is 0.122. The van der Waals surface area contributed by atoms with Crippen molar-refractivity contribution < 1.29 is 9.59 Å². The predicted octanol–water partition coefficient (Wildman–Crippen LogP) is 1.11. The number of nitrogens with zero attached hydrogens (tertiary/aromatic N) is 4. The highest BCUT2D eigenvalue weighted by atomic mass is 16.2. The molecule has 1 aromatic rings. The molecular weight excluding hydrogens is 390 g/mol. The summed E-state index contributed by atoms with van der Waals surface area (Å²) in [6, 6.07) is 8.27. The molecule has 2 bridgehead atoms. The minimum atomic E-state index is -0.675. The molecule has 6 rings (SSSR count). The Morgan fingerprint density at radius 3 is 2.90 bits per heavy atom. The van der Waals surface area contributed by atoms with Gasteiger partial charge in [0.15, 0.2) is 0 Å². The number of aryl methyl sites for hydroxylation is 2. The Labute approximate surface area is 182 Å². The fourth-order valence-electron chi connectivity index (χ4n) is 6.72. The Hall–Kier alpha value is -2.43. The number of amides is 2. The third-order valence-electron chi connectivity index (χ3n) is 8.25. The average molecular weight is 420 g/mol. The van der Waals surface area contributed by atoms with Crippen LogP contribution in [0.4, 0.5) is 0 Å². The molecule has 3 heterocycles. The second kappa shape index (κ2) is 6.78. The number of hydrogen-bond acceptors (Lipinski definition) is 5. The number of piperidine rings is 1. The second-order valence-corrected chi connectivity index (χ2v) is 10.2. The number of hydrogen-bond donors (Lipinski definition) is 1. The summed E-state index contributed by atoms with van der Waals surface area (Å²) in [7, 11) is 0. The summed E-state index contributed by atoms with van der Waals surface area (Å²) in [6.07, 6.45) is 4.64. The average Bonchev–Trinajstić information content (AvgIpc) is 3.08. The van der Waals surface area contributed by atoms with E-state index in [1.165, 1.54) is 16.7 Å². The van der Waals surface area contributed by atoms with Crippen molar-refractivity contribution in [3.63, 3.8) is 0 Å². The maximum absolute atomic E-state index is 13.3. The van der Waals surface area contributed by atoms with E-state index in [9.17, 15) is 14.9 Å². The van der Waals surface area contributed by atoms with Gasteiger partial charge in [0, 0.05) is 25.2 Å². The lowest BCUT2D eigenvalue weighted by molar-refractivity contribution is -0.141. The molecule has 0 aromatic heterocycles. The molecule has 162 valence electrons. The smallest absolute Gasteiger partial charge is 0.242 e. The SMILES string of the molecule is Cc1ccc2c(c1)CC[C@H]2N1C(=O)[C@@H]2C[C@H]1CN2C[C@H](N)C(=O)N1[C@H](C#N)CC2C[C@@H]21. The molecule has 5 aliphatic rings. The van der Waals surface area contributed by atoms with Gasteiger partial charge in [-0.1, -0.05) is 23.8 Å². The number of fused-ring (bicyclic) bond motifs is 4. The summed E-state index contributed by atoms with van der Waals surface area (Å²) in [5.74, 6) is 0.549. The van der Waals surface area contributed by atoms with Crippen molar-refractivity contribution in [1.29, 1.82) is 5.26 Å². The fourth-order valence-corrected chi connectivity index (χ4v) is 6.72. The first-order valence-corrected chi connectivity index (χ1v) is 11.6. The van der Waals surface area contributed by atoms with Crippen molar-refractivity contribution in [1.82, 2.24) is 14.7 Å². The number of benzene rings is 1. The molecule has 4 fully saturated rings. The fraction of sp³-hybridized carbons (Fsp3) is 0.625. The van der Waals surface area contributed by atoms with Gasteiger partial charge in [0.2, 0.25) is 11.8 Å². The van der Waals surface area contributed by atoms with Crippen LogP contribution in [-0.4, -0.2) is 69.8 Å². The second-order valence-electron chi connectivity index (χ2n) is 10.2. The van der Waals surface area contributed by atoms with Crippen LogP contribution in [0.1, 0.15) is 48.4 Å². The Morgan fingerprint density at radius 2 is 2.13 bits per heavy atom. The molecule has 0 radical (unpaired) electrons.